The molecule has 1 unspecified atom stereocenters. The van der Waals surface area contributed by atoms with Crippen molar-refractivity contribution in [3.63, 3.8) is 0 Å². The molecule has 1 aliphatic heterocycles. The van der Waals surface area contributed by atoms with Gasteiger partial charge in [0, 0.05) is 25.8 Å². The standard InChI is InChI=1S/C13H18N2O2/c1-17-7-6-13(16)15-11-8-10-4-2-3-5-12(10)14-9-11/h2-5,11,14H,6-9H2,1H3,(H,15,16). The van der Waals surface area contributed by atoms with E-state index in [1.165, 1.54) is 11.3 Å². The van der Waals surface area contributed by atoms with Crippen molar-refractivity contribution >= 4 is 11.6 Å². The summed E-state index contributed by atoms with van der Waals surface area (Å²) in [6.07, 6.45) is 1.32. The Morgan fingerprint density at radius 1 is 1.53 bits per heavy atom. The van der Waals surface area contributed by atoms with E-state index in [1.54, 1.807) is 7.11 Å². The number of anilines is 1. The van der Waals surface area contributed by atoms with Crippen LogP contribution in [0.25, 0.3) is 0 Å². The third-order valence-corrected chi connectivity index (χ3v) is 2.92. The van der Waals surface area contributed by atoms with Crippen LogP contribution in [0.1, 0.15) is 12.0 Å². The van der Waals surface area contributed by atoms with E-state index in [4.69, 9.17) is 4.74 Å². The second kappa shape index (κ2) is 5.68. The van der Waals surface area contributed by atoms with Crippen molar-refractivity contribution < 1.29 is 9.53 Å². The molecule has 1 heterocycles. The Kier molecular flexibility index (Phi) is 3.98. The zero-order valence-corrected chi connectivity index (χ0v) is 10.0. The zero-order chi connectivity index (χ0) is 12.1. The third-order valence-electron chi connectivity index (χ3n) is 2.92. The maximum absolute atomic E-state index is 11.6. The molecule has 0 spiro atoms. The van der Waals surface area contributed by atoms with E-state index >= 15 is 0 Å². The Hall–Kier alpha value is -1.55. The molecule has 0 aliphatic carbocycles. The molecule has 4 heteroatoms. The molecule has 4 nitrogen and oxygen atoms in total. The van der Waals surface area contributed by atoms with E-state index in [0.717, 1.165) is 13.0 Å². The molecule has 1 amide bonds. The maximum Gasteiger partial charge on any atom is 0.222 e. The lowest BCUT2D eigenvalue weighted by Gasteiger charge is -2.26. The van der Waals surface area contributed by atoms with Gasteiger partial charge in [-0.3, -0.25) is 4.79 Å². The molecule has 2 rings (SSSR count). The van der Waals surface area contributed by atoms with Gasteiger partial charge in [-0.1, -0.05) is 18.2 Å². The minimum atomic E-state index is 0.0537. The number of rotatable bonds is 4. The number of hydrogen-bond donors (Lipinski definition) is 2. The molecule has 0 saturated carbocycles. The molecule has 0 bridgehead atoms. The van der Waals surface area contributed by atoms with Crippen molar-refractivity contribution in [2.75, 3.05) is 25.6 Å². The second-order valence-electron chi connectivity index (χ2n) is 4.25. The number of ether oxygens (including phenoxy) is 1. The summed E-state index contributed by atoms with van der Waals surface area (Å²) in [6.45, 7) is 1.26. The van der Waals surface area contributed by atoms with Crippen molar-refractivity contribution in [3.05, 3.63) is 29.8 Å². The van der Waals surface area contributed by atoms with Crippen LogP contribution in [0.3, 0.4) is 0 Å². The van der Waals surface area contributed by atoms with Gasteiger partial charge in [0.05, 0.1) is 12.6 Å². The summed E-state index contributed by atoms with van der Waals surface area (Å²) in [7, 11) is 1.60. The predicted molar refractivity (Wildman–Crippen MR) is 67.1 cm³/mol. The van der Waals surface area contributed by atoms with E-state index in [9.17, 15) is 4.79 Å². The van der Waals surface area contributed by atoms with Crippen molar-refractivity contribution in [1.29, 1.82) is 0 Å². The van der Waals surface area contributed by atoms with Gasteiger partial charge in [0.25, 0.3) is 0 Å². The number of para-hydroxylation sites is 1. The Morgan fingerprint density at radius 2 is 2.35 bits per heavy atom. The Balaban J connectivity index is 1.88. The lowest BCUT2D eigenvalue weighted by atomic mass is 10.00. The third kappa shape index (κ3) is 3.20. The fourth-order valence-electron chi connectivity index (χ4n) is 2.04. The topological polar surface area (TPSA) is 50.4 Å². The summed E-state index contributed by atoms with van der Waals surface area (Å²) in [5.74, 6) is 0.0537. The number of amides is 1. The summed E-state index contributed by atoms with van der Waals surface area (Å²) in [5.41, 5.74) is 2.44. The Morgan fingerprint density at radius 3 is 3.18 bits per heavy atom. The largest absolute Gasteiger partial charge is 0.384 e. The minimum absolute atomic E-state index is 0.0537. The van der Waals surface area contributed by atoms with Crippen molar-refractivity contribution in [1.82, 2.24) is 5.32 Å². The molecule has 0 fully saturated rings. The number of carbonyl (C=O) groups excluding carboxylic acids is 1. The van der Waals surface area contributed by atoms with E-state index in [1.807, 2.05) is 12.1 Å². The zero-order valence-electron chi connectivity index (χ0n) is 10.0. The number of benzene rings is 1. The van der Waals surface area contributed by atoms with E-state index in [-0.39, 0.29) is 11.9 Å². The van der Waals surface area contributed by atoms with Crippen LogP contribution in [0.2, 0.25) is 0 Å². The summed E-state index contributed by atoms with van der Waals surface area (Å²) in [6, 6.07) is 8.38. The van der Waals surface area contributed by atoms with Gasteiger partial charge in [0.1, 0.15) is 0 Å². The van der Waals surface area contributed by atoms with Crippen LogP contribution in [-0.2, 0) is 16.0 Å². The summed E-state index contributed by atoms with van der Waals surface area (Å²) in [4.78, 5) is 11.6. The van der Waals surface area contributed by atoms with Crippen LogP contribution in [0.4, 0.5) is 5.69 Å². The molecular formula is C13H18N2O2. The first kappa shape index (κ1) is 11.9. The van der Waals surface area contributed by atoms with Crippen molar-refractivity contribution in [2.45, 2.75) is 18.9 Å². The molecule has 1 atom stereocenters. The van der Waals surface area contributed by atoms with Gasteiger partial charge >= 0.3 is 0 Å². The summed E-state index contributed by atoms with van der Waals surface area (Å²) < 4.78 is 4.88. The Bertz CT molecular complexity index is 393. The van der Waals surface area contributed by atoms with Crippen LogP contribution < -0.4 is 10.6 Å². The van der Waals surface area contributed by atoms with Crippen molar-refractivity contribution in [3.8, 4) is 0 Å². The molecule has 17 heavy (non-hydrogen) atoms. The minimum Gasteiger partial charge on any atom is -0.384 e. The number of fused-ring (bicyclic) bond motifs is 1. The van der Waals surface area contributed by atoms with Gasteiger partial charge in [0.15, 0.2) is 0 Å². The fourth-order valence-corrected chi connectivity index (χ4v) is 2.04. The maximum atomic E-state index is 11.6. The fraction of sp³-hybridized carbons (Fsp3) is 0.462. The Labute approximate surface area is 101 Å². The van der Waals surface area contributed by atoms with Crippen LogP contribution in [-0.4, -0.2) is 32.2 Å². The number of carbonyl (C=O) groups is 1. The lowest BCUT2D eigenvalue weighted by Crippen LogP contribution is -2.43. The molecule has 1 aromatic carbocycles. The van der Waals surface area contributed by atoms with Gasteiger partial charge in [0.2, 0.25) is 5.91 Å². The molecule has 0 aromatic heterocycles. The second-order valence-corrected chi connectivity index (χ2v) is 4.25. The first-order valence-corrected chi connectivity index (χ1v) is 5.89. The van der Waals surface area contributed by atoms with Crippen LogP contribution in [0, 0.1) is 0 Å². The first-order chi connectivity index (χ1) is 8.29. The van der Waals surface area contributed by atoms with Gasteiger partial charge in [-0.15, -0.1) is 0 Å². The van der Waals surface area contributed by atoms with Gasteiger partial charge < -0.3 is 15.4 Å². The van der Waals surface area contributed by atoms with E-state index in [0.29, 0.717) is 13.0 Å². The average molecular weight is 234 g/mol. The van der Waals surface area contributed by atoms with Crippen LogP contribution in [0.15, 0.2) is 24.3 Å². The average Bonchev–Trinajstić information content (AvgIpc) is 2.36. The molecular weight excluding hydrogens is 216 g/mol. The van der Waals surface area contributed by atoms with Crippen molar-refractivity contribution in [2.24, 2.45) is 0 Å². The van der Waals surface area contributed by atoms with Gasteiger partial charge in [-0.25, -0.2) is 0 Å². The SMILES string of the molecule is COCCC(=O)NC1CNc2ccccc2C1. The molecule has 2 N–H and O–H groups in total. The quantitative estimate of drug-likeness (QED) is 0.822. The first-order valence-electron chi connectivity index (χ1n) is 5.89. The van der Waals surface area contributed by atoms with E-state index in [2.05, 4.69) is 22.8 Å². The lowest BCUT2D eigenvalue weighted by molar-refractivity contribution is -0.122. The number of hydrogen-bond acceptors (Lipinski definition) is 3. The number of methoxy groups -OCH3 is 1. The van der Waals surface area contributed by atoms with Gasteiger partial charge in [-0.2, -0.15) is 0 Å². The smallest absolute Gasteiger partial charge is 0.222 e. The molecule has 0 saturated heterocycles. The molecule has 0 radical (unpaired) electrons. The highest BCUT2D eigenvalue weighted by molar-refractivity contribution is 5.76. The summed E-state index contributed by atoms with van der Waals surface area (Å²) >= 11 is 0. The molecule has 1 aromatic rings. The van der Waals surface area contributed by atoms with Crippen LogP contribution in [0.5, 0.6) is 0 Å². The van der Waals surface area contributed by atoms with Gasteiger partial charge in [-0.05, 0) is 18.1 Å². The monoisotopic (exact) mass is 234 g/mol. The highest BCUT2D eigenvalue weighted by atomic mass is 16.5. The highest BCUT2D eigenvalue weighted by Gasteiger charge is 2.18. The molecule has 1 aliphatic rings. The molecule has 92 valence electrons. The highest BCUT2D eigenvalue weighted by Crippen LogP contribution is 2.20. The van der Waals surface area contributed by atoms with Crippen LogP contribution >= 0.6 is 0 Å². The van der Waals surface area contributed by atoms with E-state index < -0.39 is 0 Å². The predicted octanol–water partition coefficient (Wildman–Crippen LogP) is 1.18. The normalized spacial score (nSPS) is 18.1. The number of nitrogens with one attached hydrogen (secondary N) is 2. The summed E-state index contributed by atoms with van der Waals surface area (Å²) in [5, 5.41) is 6.34.